The smallest absolute Gasteiger partial charge is 0.329 e. The van der Waals surface area contributed by atoms with Gasteiger partial charge in [0.25, 0.3) is 0 Å². The highest BCUT2D eigenvalue weighted by Crippen LogP contribution is 2.23. The van der Waals surface area contributed by atoms with E-state index in [0.29, 0.717) is 36.0 Å². The van der Waals surface area contributed by atoms with Gasteiger partial charge in [-0.3, -0.25) is 9.59 Å². The van der Waals surface area contributed by atoms with E-state index in [0.717, 1.165) is 5.56 Å². The van der Waals surface area contributed by atoms with Gasteiger partial charge in [0, 0.05) is 17.3 Å². The van der Waals surface area contributed by atoms with E-state index in [9.17, 15) is 9.59 Å². The van der Waals surface area contributed by atoms with Gasteiger partial charge in [-0.05, 0) is 50.6 Å². The Morgan fingerprint density at radius 2 is 1.81 bits per heavy atom. The standard InChI is InChI=1S/C20H23N3O4/c1-4-26-17-10-9-15(18(12-17)27-5-2)13-21-23-20(25)19(24)22-16-8-6-7-14(3)11-16/h6-13H,4-5H2,1-3H3,(H,22,24)(H,23,25)/b21-13-. The van der Waals surface area contributed by atoms with Crippen molar-refractivity contribution in [3.8, 4) is 11.5 Å². The van der Waals surface area contributed by atoms with Gasteiger partial charge >= 0.3 is 11.8 Å². The second-order valence-corrected chi connectivity index (χ2v) is 5.59. The van der Waals surface area contributed by atoms with Gasteiger partial charge in [-0.15, -0.1) is 0 Å². The third-order valence-corrected chi connectivity index (χ3v) is 3.45. The fraction of sp³-hybridized carbons (Fsp3) is 0.250. The fourth-order valence-corrected chi connectivity index (χ4v) is 2.28. The Hall–Kier alpha value is -3.35. The molecule has 2 amide bonds. The van der Waals surface area contributed by atoms with Crippen molar-refractivity contribution in [2.75, 3.05) is 18.5 Å². The minimum atomic E-state index is -0.864. The Bertz CT molecular complexity index is 834. The van der Waals surface area contributed by atoms with Crippen LogP contribution in [0.15, 0.2) is 47.6 Å². The highest BCUT2D eigenvalue weighted by molar-refractivity contribution is 6.39. The van der Waals surface area contributed by atoms with Gasteiger partial charge in [0.05, 0.1) is 19.4 Å². The van der Waals surface area contributed by atoms with Gasteiger partial charge in [-0.1, -0.05) is 12.1 Å². The Balaban J connectivity index is 1.99. The van der Waals surface area contributed by atoms with Crippen LogP contribution >= 0.6 is 0 Å². The number of nitrogens with zero attached hydrogens (tertiary/aromatic N) is 1. The number of hydrazone groups is 1. The molecule has 2 aromatic carbocycles. The normalized spacial score (nSPS) is 10.5. The summed E-state index contributed by atoms with van der Waals surface area (Å²) >= 11 is 0. The maximum absolute atomic E-state index is 11.9. The first kappa shape index (κ1) is 20.0. The molecule has 0 radical (unpaired) electrons. The predicted octanol–water partition coefficient (Wildman–Crippen LogP) is 2.88. The van der Waals surface area contributed by atoms with Crippen LogP contribution in [0.3, 0.4) is 0 Å². The largest absolute Gasteiger partial charge is 0.494 e. The van der Waals surface area contributed by atoms with Gasteiger partial charge < -0.3 is 14.8 Å². The van der Waals surface area contributed by atoms with Crippen LogP contribution in [0.5, 0.6) is 11.5 Å². The quantitative estimate of drug-likeness (QED) is 0.446. The summed E-state index contributed by atoms with van der Waals surface area (Å²) in [5.41, 5.74) is 4.38. The zero-order valence-electron chi connectivity index (χ0n) is 15.6. The van der Waals surface area contributed by atoms with Crippen molar-refractivity contribution in [2.45, 2.75) is 20.8 Å². The highest BCUT2D eigenvalue weighted by atomic mass is 16.5. The van der Waals surface area contributed by atoms with Crippen LogP contribution in [0.4, 0.5) is 5.69 Å². The first-order chi connectivity index (χ1) is 13.0. The molecule has 0 aliphatic heterocycles. The SMILES string of the molecule is CCOc1ccc(/C=N\NC(=O)C(=O)Nc2cccc(C)c2)c(OCC)c1. The van der Waals surface area contributed by atoms with Crippen molar-refractivity contribution in [1.29, 1.82) is 0 Å². The summed E-state index contributed by atoms with van der Waals surface area (Å²) in [6.45, 7) is 6.68. The summed E-state index contributed by atoms with van der Waals surface area (Å²) in [5.74, 6) is -0.406. The summed E-state index contributed by atoms with van der Waals surface area (Å²) in [6, 6.07) is 12.5. The van der Waals surface area contributed by atoms with Crippen LogP contribution in [-0.4, -0.2) is 31.2 Å². The van der Waals surface area contributed by atoms with Gasteiger partial charge in [-0.2, -0.15) is 5.10 Å². The highest BCUT2D eigenvalue weighted by Gasteiger charge is 2.13. The molecule has 0 aliphatic carbocycles. The van der Waals surface area contributed by atoms with E-state index in [2.05, 4.69) is 15.8 Å². The number of hydrogen-bond acceptors (Lipinski definition) is 5. The molecular weight excluding hydrogens is 346 g/mol. The van der Waals surface area contributed by atoms with E-state index in [1.807, 2.05) is 26.8 Å². The summed E-state index contributed by atoms with van der Waals surface area (Å²) in [4.78, 5) is 23.8. The minimum absolute atomic E-state index is 0.474. The lowest BCUT2D eigenvalue weighted by atomic mass is 10.2. The summed E-state index contributed by atoms with van der Waals surface area (Å²) in [7, 11) is 0. The van der Waals surface area contributed by atoms with Crippen LogP contribution in [0.25, 0.3) is 0 Å². The third-order valence-electron chi connectivity index (χ3n) is 3.45. The van der Waals surface area contributed by atoms with Crippen molar-refractivity contribution in [3.05, 3.63) is 53.6 Å². The van der Waals surface area contributed by atoms with Gasteiger partial charge in [-0.25, -0.2) is 5.43 Å². The van der Waals surface area contributed by atoms with E-state index >= 15 is 0 Å². The van der Waals surface area contributed by atoms with E-state index in [1.165, 1.54) is 6.21 Å². The molecule has 0 aromatic heterocycles. The number of amides is 2. The van der Waals surface area contributed by atoms with Gasteiger partial charge in [0.15, 0.2) is 0 Å². The molecule has 0 saturated carbocycles. The van der Waals surface area contributed by atoms with Crippen molar-refractivity contribution in [2.24, 2.45) is 5.10 Å². The van der Waals surface area contributed by atoms with Crippen LogP contribution in [0.2, 0.25) is 0 Å². The van der Waals surface area contributed by atoms with Crippen LogP contribution in [-0.2, 0) is 9.59 Å². The first-order valence-corrected chi connectivity index (χ1v) is 8.64. The molecule has 0 fully saturated rings. The summed E-state index contributed by atoms with van der Waals surface area (Å²) in [5, 5.41) is 6.35. The molecule has 0 spiro atoms. The van der Waals surface area contributed by atoms with Crippen LogP contribution in [0.1, 0.15) is 25.0 Å². The Kier molecular flexibility index (Phi) is 7.37. The Morgan fingerprint density at radius 3 is 2.52 bits per heavy atom. The second-order valence-electron chi connectivity index (χ2n) is 5.59. The number of hydrogen-bond donors (Lipinski definition) is 2. The number of anilines is 1. The molecule has 2 N–H and O–H groups in total. The predicted molar refractivity (Wildman–Crippen MR) is 104 cm³/mol. The fourth-order valence-electron chi connectivity index (χ4n) is 2.28. The van der Waals surface area contributed by atoms with E-state index in [4.69, 9.17) is 9.47 Å². The van der Waals surface area contributed by atoms with E-state index in [-0.39, 0.29) is 0 Å². The monoisotopic (exact) mass is 369 g/mol. The van der Waals surface area contributed by atoms with Crippen LogP contribution in [0, 0.1) is 6.92 Å². The van der Waals surface area contributed by atoms with Crippen molar-refractivity contribution in [1.82, 2.24) is 5.43 Å². The maximum atomic E-state index is 11.9. The topological polar surface area (TPSA) is 89.0 Å². The number of aryl methyl sites for hydroxylation is 1. The molecule has 142 valence electrons. The number of nitrogens with one attached hydrogen (secondary N) is 2. The third kappa shape index (κ3) is 6.14. The lowest BCUT2D eigenvalue weighted by molar-refractivity contribution is -0.136. The second kappa shape index (κ2) is 9.96. The summed E-state index contributed by atoms with van der Waals surface area (Å²) < 4.78 is 11.0. The van der Waals surface area contributed by atoms with Gasteiger partial charge in [0.1, 0.15) is 11.5 Å². The van der Waals surface area contributed by atoms with E-state index < -0.39 is 11.8 Å². The lowest BCUT2D eigenvalue weighted by Crippen LogP contribution is -2.32. The molecule has 0 aliphatic rings. The average Bonchev–Trinajstić information content (AvgIpc) is 2.64. The Morgan fingerprint density at radius 1 is 1.04 bits per heavy atom. The van der Waals surface area contributed by atoms with Crippen LogP contribution < -0.4 is 20.2 Å². The number of carbonyl (C=O) groups excluding carboxylic acids is 2. The number of rotatable bonds is 7. The molecular formula is C20H23N3O4. The minimum Gasteiger partial charge on any atom is -0.494 e. The molecule has 0 saturated heterocycles. The van der Waals surface area contributed by atoms with E-state index in [1.54, 1.807) is 36.4 Å². The number of carbonyl (C=O) groups is 2. The molecule has 0 unspecified atom stereocenters. The molecule has 0 bridgehead atoms. The Labute approximate surface area is 158 Å². The lowest BCUT2D eigenvalue weighted by Gasteiger charge is -2.10. The number of ether oxygens (including phenoxy) is 2. The zero-order valence-corrected chi connectivity index (χ0v) is 15.6. The molecule has 7 heteroatoms. The molecule has 7 nitrogen and oxygen atoms in total. The van der Waals surface area contributed by atoms with Crippen molar-refractivity contribution >= 4 is 23.7 Å². The number of benzene rings is 2. The maximum Gasteiger partial charge on any atom is 0.329 e. The first-order valence-electron chi connectivity index (χ1n) is 8.64. The van der Waals surface area contributed by atoms with Crippen molar-refractivity contribution in [3.63, 3.8) is 0 Å². The summed E-state index contributed by atoms with van der Waals surface area (Å²) in [6.07, 6.45) is 1.42. The van der Waals surface area contributed by atoms with Crippen molar-refractivity contribution < 1.29 is 19.1 Å². The zero-order chi connectivity index (χ0) is 19.6. The molecule has 0 heterocycles. The molecule has 0 atom stereocenters. The molecule has 2 rings (SSSR count). The van der Waals surface area contributed by atoms with Gasteiger partial charge in [0.2, 0.25) is 0 Å². The molecule has 2 aromatic rings. The average molecular weight is 369 g/mol. The molecule has 27 heavy (non-hydrogen) atoms.